The fourth-order valence-corrected chi connectivity index (χ4v) is 1.34. The van der Waals surface area contributed by atoms with Gasteiger partial charge in [0.05, 0.1) is 0 Å². The molecule has 0 aliphatic rings. The molecule has 0 N–H and O–H groups in total. The van der Waals surface area contributed by atoms with Crippen molar-refractivity contribution in [2.75, 3.05) is 0 Å². The van der Waals surface area contributed by atoms with Gasteiger partial charge in [-0.2, -0.15) is 0 Å². The first kappa shape index (κ1) is 16.1. The number of hydrogen-bond acceptors (Lipinski definition) is 3. The summed E-state index contributed by atoms with van der Waals surface area (Å²) >= 11 is 4.72. The molecule has 0 radical (unpaired) electrons. The number of hydrogen-bond donors (Lipinski definition) is 0. The molecule has 0 aliphatic heterocycles. The topological polar surface area (TPSA) is 63.2 Å². The molecule has 13 heavy (non-hydrogen) atoms. The monoisotopic (exact) mass is 251 g/mol. The van der Waals surface area contributed by atoms with Gasteiger partial charge in [0, 0.05) is 0 Å². The molecule has 1 unspecified atom stereocenters. The van der Waals surface area contributed by atoms with E-state index in [9.17, 15) is 0 Å². The summed E-state index contributed by atoms with van der Waals surface area (Å²) in [5.41, 5.74) is 0. The molecule has 0 aromatic rings. The molecular weight excluding hydrogens is 234 g/mol. The Morgan fingerprint density at radius 2 is 1.85 bits per heavy atom. The Hall–Kier alpha value is 0.644. The van der Waals surface area contributed by atoms with Crippen LogP contribution >= 0.6 is 8.25 Å². The van der Waals surface area contributed by atoms with Crippen molar-refractivity contribution in [3.8, 4) is 0 Å². The van der Waals surface area contributed by atoms with E-state index in [1.54, 1.807) is 0 Å². The van der Waals surface area contributed by atoms with Gasteiger partial charge in [0.15, 0.2) is 0 Å². The molecule has 0 aromatic heterocycles. The van der Waals surface area contributed by atoms with Crippen molar-refractivity contribution in [2.45, 2.75) is 44.9 Å². The maximum Gasteiger partial charge on any atom is -0.0813 e. The fraction of sp³-hybridized carbons (Fsp3) is 1.00. The van der Waals surface area contributed by atoms with Crippen LogP contribution in [0.4, 0.5) is 0 Å². The molecule has 0 aromatic carbocycles. The van der Waals surface area contributed by atoms with Gasteiger partial charge in [-0.05, 0) is 0 Å². The predicted octanol–water partition coefficient (Wildman–Crippen LogP) is 1.26. The third kappa shape index (κ3) is 19.2. The molecule has 0 rings (SSSR count). The van der Waals surface area contributed by atoms with Crippen molar-refractivity contribution in [1.82, 2.24) is 0 Å². The normalized spacial score (nSPS) is 12.2. The van der Waals surface area contributed by atoms with Gasteiger partial charge in [0.2, 0.25) is 0 Å². The summed E-state index contributed by atoms with van der Waals surface area (Å²) in [7, 11) is -3.63. The quantitative estimate of drug-likeness (QED) is 0.546. The third-order valence-corrected chi connectivity index (χ3v) is 2.30. The SMILES string of the molecule is CCCCC(CC)[CH2][Ni+2].O=[PH]([O-])[O-]. The molecule has 1 atom stereocenters. The Kier molecular flexibility index (Phi) is 15.6. The summed E-state index contributed by atoms with van der Waals surface area (Å²) < 4.78 is 8.52. The molecule has 83 valence electrons. The van der Waals surface area contributed by atoms with Crippen molar-refractivity contribution in [3.63, 3.8) is 0 Å². The van der Waals surface area contributed by atoms with Crippen molar-refractivity contribution < 1.29 is 29.8 Å². The average Bonchev–Trinajstić information content (AvgIpc) is 2.06. The summed E-state index contributed by atoms with van der Waals surface area (Å²) in [5, 5.41) is 0.997. The van der Waals surface area contributed by atoms with Gasteiger partial charge >= 0.3 is 66.3 Å². The van der Waals surface area contributed by atoms with E-state index in [2.05, 4.69) is 13.8 Å². The smallest absolute Gasteiger partial charge is 0.0813 e. The Morgan fingerprint density at radius 3 is 2.08 bits per heavy atom. The van der Waals surface area contributed by atoms with Crippen LogP contribution in [0.1, 0.15) is 39.5 Å². The Bertz CT molecular complexity index is 114. The van der Waals surface area contributed by atoms with Gasteiger partial charge in [0.25, 0.3) is 0 Å². The zero-order valence-corrected chi connectivity index (χ0v) is 10.1. The van der Waals surface area contributed by atoms with Crippen LogP contribution in [0.2, 0.25) is 5.39 Å². The summed E-state index contributed by atoms with van der Waals surface area (Å²) in [6.07, 6.45) is 5.31. The number of unbranched alkanes of at least 4 members (excludes halogenated alkanes) is 1. The first-order chi connectivity index (χ1) is 6.08. The van der Waals surface area contributed by atoms with Crippen LogP contribution in [0.15, 0.2) is 0 Å². The second kappa shape index (κ2) is 12.6. The first-order valence-corrected chi connectivity index (χ1v) is 6.40. The summed E-state index contributed by atoms with van der Waals surface area (Å²) in [6.45, 7) is 4.47. The van der Waals surface area contributed by atoms with Gasteiger partial charge in [-0.1, -0.05) is 8.25 Å². The van der Waals surface area contributed by atoms with Crippen LogP contribution in [0.5, 0.6) is 0 Å². The van der Waals surface area contributed by atoms with E-state index in [-0.39, 0.29) is 0 Å². The fourth-order valence-electron chi connectivity index (χ4n) is 0.853. The molecule has 0 amide bonds. The van der Waals surface area contributed by atoms with Crippen LogP contribution in [-0.4, -0.2) is 0 Å². The van der Waals surface area contributed by atoms with Crippen LogP contribution < -0.4 is 9.79 Å². The summed E-state index contributed by atoms with van der Waals surface area (Å²) in [5.74, 6) is 0.838. The van der Waals surface area contributed by atoms with Crippen molar-refractivity contribution in [1.29, 1.82) is 0 Å². The van der Waals surface area contributed by atoms with E-state index in [1.807, 2.05) is 0 Å². The van der Waals surface area contributed by atoms with Crippen LogP contribution in [0, 0.1) is 5.92 Å². The maximum absolute atomic E-state index is 8.52. The zero-order chi connectivity index (χ0) is 10.7. The zero-order valence-electron chi connectivity index (χ0n) is 8.15. The van der Waals surface area contributed by atoms with Gasteiger partial charge in [-0.15, -0.1) is 0 Å². The molecule has 0 bridgehead atoms. The van der Waals surface area contributed by atoms with Gasteiger partial charge in [-0.25, -0.2) is 0 Å². The largest absolute Gasteiger partial charge is 0.813 e. The van der Waals surface area contributed by atoms with Crippen molar-refractivity contribution in [3.05, 3.63) is 0 Å². The molecule has 0 heterocycles. The molecule has 0 fully saturated rings. The summed E-state index contributed by atoms with van der Waals surface area (Å²) in [6, 6.07) is 0. The van der Waals surface area contributed by atoms with Crippen LogP contribution in [0.3, 0.4) is 0 Å². The standard InChI is InChI=1S/C8H17.Ni.H3O3P/c1-4-6-7-8(3)5-2;;1-4(2)3/h8H,3-7H2,1-2H3;;4H,(H2,1,2,3)/q;+2;/p-2. The minimum absolute atomic E-state index is 0.838. The van der Waals surface area contributed by atoms with E-state index in [0.29, 0.717) is 0 Å². The van der Waals surface area contributed by atoms with Gasteiger partial charge in [0.1, 0.15) is 0 Å². The minimum atomic E-state index is -3.63. The molecule has 3 nitrogen and oxygen atoms in total. The molecule has 0 saturated carbocycles. The molecule has 0 aliphatic carbocycles. The van der Waals surface area contributed by atoms with Crippen molar-refractivity contribution >= 4 is 8.25 Å². The number of rotatable bonds is 5. The molecule has 0 saturated heterocycles. The van der Waals surface area contributed by atoms with E-state index in [4.69, 9.17) is 29.8 Å². The van der Waals surface area contributed by atoms with Gasteiger partial charge in [-0.3, -0.25) is 0 Å². The van der Waals surface area contributed by atoms with E-state index in [0.717, 1.165) is 11.3 Å². The second-order valence-electron chi connectivity index (χ2n) is 2.80. The average molecular weight is 252 g/mol. The Balaban J connectivity index is 0. The third-order valence-electron chi connectivity index (χ3n) is 1.73. The van der Waals surface area contributed by atoms with E-state index < -0.39 is 8.25 Å². The van der Waals surface area contributed by atoms with Gasteiger partial charge < -0.3 is 14.4 Å². The second-order valence-corrected chi connectivity index (χ2v) is 3.70. The molecule has 0 spiro atoms. The molecule has 5 heteroatoms. The maximum atomic E-state index is 8.52. The van der Waals surface area contributed by atoms with E-state index in [1.165, 1.54) is 25.7 Å². The first-order valence-electron chi connectivity index (χ1n) is 4.47. The van der Waals surface area contributed by atoms with E-state index >= 15 is 0 Å². The minimum Gasteiger partial charge on any atom is -0.813 e. The van der Waals surface area contributed by atoms with Crippen LogP contribution in [-0.2, 0) is 20.0 Å². The predicted molar refractivity (Wildman–Crippen MR) is 47.1 cm³/mol. The summed E-state index contributed by atoms with van der Waals surface area (Å²) in [4.78, 5) is 17.0. The Morgan fingerprint density at radius 1 is 1.38 bits per heavy atom. The van der Waals surface area contributed by atoms with Crippen molar-refractivity contribution in [2.24, 2.45) is 5.92 Å². The Labute approximate surface area is 89.3 Å². The van der Waals surface area contributed by atoms with Crippen LogP contribution in [0.25, 0.3) is 0 Å². The molecular formula is C8H18NiO3P.